The van der Waals surface area contributed by atoms with Crippen LogP contribution in [0.15, 0.2) is 0 Å². The van der Waals surface area contributed by atoms with E-state index in [0.29, 0.717) is 0 Å². The topological polar surface area (TPSA) is 33.1 Å². The highest BCUT2D eigenvalue weighted by molar-refractivity contribution is 5.52. The van der Waals surface area contributed by atoms with E-state index in [-0.39, 0.29) is 0 Å². The van der Waals surface area contributed by atoms with Gasteiger partial charge in [0.2, 0.25) is 0 Å². The number of rotatable bonds is 4. The molecule has 0 amide bonds. The zero-order valence-electron chi connectivity index (χ0n) is 11.4. The number of piperidine rings is 1. The monoisotopic (exact) mass is 248 g/mol. The first-order valence-electron chi connectivity index (χ1n) is 7.43. The molecular formula is C14H24N4. The number of nitrogens with zero attached hydrogens (tertiary/aromatic N) is 3. The van der Waals surface area contributed by atoms with E-state index in [1.165, 1.54) is 56.0 Å². The Hall–Kier alpha value is -1.03. The standard InChI is InChI=1S/C14H24N4/c1-2-18-14-12(6-8-15-14)13(16-18)7-11-17-9-4-3-5-10-17/h15H,2-11H2,1H3. The average Bonchev–Trinajstić information content (AvgIpc) is 3.00. The summed E-state index contributed by atoms with van der Waals surface area (Å²) in [5.41, 5.74) is 2.82. The number of hydrogen-bond donors (Lipinski definition) is 1. The van der Waals surface area contributed by atoms with Crippen molar-refractivity contribution in [3.8, 4) is 0 Å². The third kappa shape index (κ3) is 2.26. The molecule has 2 aliphatic rings. The summed E-state index contributed by atoms with van der Waals surface area (Å²) in [5, 5.41) is 8.23. The van der Waals surface area contributed by atoms with E-state index in [2.05, 4.69) is 21.8 Å². The number of anilines is 1. The zero-order chi connectivity index (χ0) is 12.4. The molecule has 3 heterocycles. The van der Waals surface area contributed by atoms with Crippen LogP contribution in [0.25, 0.3) is 0 Å². The highest BCUT2D eigenvalue weighted by atomic mass is 15.3. The van der Waals surface area contributed by atoms with Crippen LogP contribution in [0.2, 0.25) is 0 Å². The van der Waals surface area contributed by atoms with Crippen molar-refractivity contribution >= 4 is 5.82 Å². The molecule has 1 aromatic rings. The van der Waals surface area contributed by atoms with E-state index in [1.807, 2.05) is 0 Å². The van der Waals surface area contributed by atoms with E-state index in [1.54, 1.807) is 0 Å². The average molecular weight is 248 g/mol. The van der Waals surface area contributed by atoms with Crippen LogP contribution in [-0.4, -0.2) is 40.9 Å². The summed E-state index contributed by atoms with van der Waals surface area (Å²) in [6, 6.07) is 0. The molecule has 0 aromatic carbocycles. The van der Waals surface area contributed by atoms with Gasteiger partial charge < -0.3 is 10.2 Å². The van der Waals surface area contributed by atoms with Gasteiger partial charge in [-0.05, 0) is 39.3 Å². The van der Waals surface area contributed by atoms with Gasteiger partial charge in [0.1, 0.15) is 5.82 Å². The van der Waals surface area contributed by atoms with Crippen molar-refractivity contribution in [1.82, 2.24) is 14.7 Å². The lowest BCUT2D eigenvalue weighted by molar-refractivity contribution is 0.230. The fraction of sp³-hybridized carbons (Fsp3) is 0.786. The third-order valence-electron chi connectivity index (χ3n) is 4.21. The van der Waals surface area contributed by atoms with E-state index in [4.69, 9.17) is 5.10 Å². The van der Waals surface area contributed by atoms with Crippen LogP contribution in [0.5, 0.6) is 0 Å². The van der Waals surface area contributed by atoms with Gasteiger partial charge in [0, 0.05) is 31.6 Å². The molecule has 0 spiro atoms. The molecule has 1 saturated heterocycles. The van der Waals surface area contributed by atoms with Gasteiger partial charge in [-0.15, -0.1) is 0 Å². The van der Waals surface area contributed by atoms with Gasteiger partial charge in [-0.3, -0.25) is 0 Å². The highest BCUT2D eigenvalue weighted by Crippen LogP contribution is 2.26. The highest BCUT2D eigenvalue weighted by Gasteiger charge is 2.21. The summed E-state index contributed by atoms with van der Waals surface area (Å²) in [5.74, 6) is 1.28. The van der Waals surface area contributed by atoms with Gasteiger partial charge in [0.25, 0.3) is 0 Å². The SMILES string of the molecule is CCn1nc(CCN2CCCCC2)c2c1NCC2. The lowest BCUT2D eigenvalue weighted by atomic mass is 10.1. The number of fused-ring (bicyclic) bond motifs is 1. The van der Waals surface area contributed by atoms with Crippen molar-refractivity contribution in [3.63, 3.8) is 0 Å². The first-order valence-corrected chi connectivity index (χ1v) is 7.43. The van der Waals surface area contributed by atoms with Gasteiger partial charge in [0.05, 0.1) is 5.69 Å². The Labute approximate surface area is 109 Å². The largest absolute Gasteiger partial charge is 0.370 e. The molecule has 0 atom stereocenters. The van der Waals surface area contributed by atoms with Crippen LogP contribution in [0, 0.1) is 0 Å². The molecule has 100 valence electrons. The summed E-state index contributed by atoms with van der Waals surface area (Å²) >= 11 is 0. The molecule has 1 aromatic heterocycles. The van der Waals surface area contributed by atoms with Gasteiger partial charge in [0.15, 0.2) is 0 Å². The van der Waals surface area contributed by atoms with Crippen molar-refractivity contribution < 1.29 is 0 Å². The Kier molecular flexibility index (Phi) is 3.55. The maximum atomic E-state index is 4.76. The maximum absolute atomic E-state index is 4.76. The van der Waals surface area contributed by atoms with E-state index < -0.39 is 0 Å². The Morgan fingerprint density at radius 2 is 2.06 bits per heavy atom. The second kappa shape index (κ2) is 5.31. The molecule has 2 aliphatic heterocycles. The fourth-order valence-corrected chi connectivity index (χ4v) is 3.19. The number of likely N-dealkylation sites (tertiary alicyclic amines) is 1. The van der Waals surface area contributed by atoms with Crippen LogP contribution < -0.4 is 5.32 Å². The smallest absolute Gasteiger partial charge is 0.127 e. The lowest BCUT2D eigenvalue weighted by Crippen LogP contribution is -2.31. The van der Waals surface area contributed by atoms with Gasteiger partial charge >= 0.3 is 0 Å². The first kappa shape index (κ1) is 12.0. The molecular weight excluding hydrogens is 224 g/mol. The van der Waals surface area contributed by atoms with Crippen molar-refractivity contribution in [2.24, 2.45) is 0 Å². The van der Waals surface area contributed by atoms with Crippen LogP contribution in [0.1, 0.15) is 37.4 Å². The third-order valence-corrected chi connectivity index (χ3v) is 4.21. The molecule has 4 heteroatoms. The Morgan fingerprint density at radius 3 is 2.83 bits per heavy atom. The predicted molar refractivity (Wildman–Crippen MR) is 74.1 cm³/mol. The molecule has 0 radical (unpaired) electrons. The maximum Gasteiger partial charge on any atom is 0.127 e. The summed E-state index contributed by atoms with van der Waals surface area (Å²) in [6.07, 6.45) is 6.45. The normalized spacial score (nSPS) is 19.8. The number of aromatic nitrogens is 2. The van der Waals surface area contributed by atoms with Crippen LogP contribution >= 0.6 is 0 Å². The Balaban J connectivity index is 1.65. The lowest BCUT2D eigenvalue weighted by Gasteiger charge is -2.26. The van der Waals surface area contributed by atoms with Crippen molar-refractivity contribution in [2.45, 2.75) is 45.6 Å². The summed E-state index contributed by atoms with van der Waals surface area (Å²) < 4.78 is 2.13. The number of hydrogen-bond acceptors (Lipinski definition) is 3. The second-order valence-electron chi connectivity index (χ2n) is 5.42. The molecule has 0 bridgehead atoms. The summed E-state index contributed by atoms with van der Waals surface area (Å²) in [7, 11) is 0. The van der Waals surface area contributed by atoms with Gasteiger partial charge in [-0.2, -0.15) is 5.10 Å². The zero-order valence-corrected chi connectivity index (χ0v) is 11.4. The second-order valence-corrected chi connectivity index (χ2v) is 5.42. The van der Waals surface area contributed by atoms with E-state index in [0.717, 1.165) is 25.9 Å². The molecule has 3 rings (SSSR count). The molecule has 1 N–H and O–H groups in total. The molecule has 1 fully saturated rings. The number of nitrogens with one attached hydrogen (secondary N) is 1. The molecule has 0 aliphatic carbocycles. The van der Waals surface area contributed by atoms with Crippen LogP contribution in [-0.2, 0) is 19.4 Å². The Bertz CT molecular complexity index is 404. The molecule has 18 heavy (non-hydrogen) atoms. The summed E-state index contributed by atoms with van der Waals surface area (Å²) in [6.45, 7) is 7.99. The number of aryl methyl sites for hydroxylation is 1. The Morgan fingerprint density at radius 1 is 1.22 bits per heavy atom. The fourth-order valence-electron chi connectivity index (χ4n) is 3.19. The minimum absolute atomic E-state index is 0.971. The van der Waals surface area contributed by atoms with E-state index >= 15 is 0 Å². The van der Waals surface area contributed by atoms with Gasteiger partial charge in [-0.25, -0.2) is 4.68 Å². The first-order chi connectivity index (χ1) is 8.88. The molecule has 0 unspecified atom stereocenters. The summed E-state index contributed by atoms with van der Waals surface area (Å²) in [4.78, 5) is 2.60. The van der Waals surface area contributed by atoms with Crippen LogP contribution in [0.3, 0.4) is 0 Å². The van der Waals surface area contributed by atoms with Crippen molar-refractivity contribution in [1.29, 1.82) is 0 Å². The van der Waals surface area contributed by atoms with Crippen molar-refractivity contribution in [2.75, 3.05) is 31.5 Å². The van der Waals surface area contributed by atoms with Gasteiger partial charge in [-0.1, -0.05) is 6.42 Å². The van der Waals surface area contributed by atoms with E-state index in [9.17, 15) is 0 Å². The molecule has 0 saturated carbocycles. The van der Waals surface area contributed by atoms with Crippen LogP contribution in [0.4, 0.5) is 5.82 Å². The minimum Gasteiger partial charge on any atom is -0.370 e. The minimum atomic E-state index is 0.971. The molecule has 4 nitrogen and oxygen atoms in total. The predicted octanol–water partition coefficient (Wildman–Crippen LogP) is 1.90. The quantitative estimate of drug-likeness (QED) is 0.883. The van der Waals surface area contributed by atoms with Crippen molar-refractivity contribution in [3.05, 3.63) is 11.3 Å².